The molecule has 1 aliphatic rings. The topological polar surface area (TPSA) is 92.9 Å². The van der Waals surface area contributed by atoms with Crippen molar-refractivity contribution in [3.63, 3.8) is 0 Å². The van der Waals surface area contributed by atoms with E-state index in [-0.39, 0.29) is 25.5 Å². The lowest BCUT2D eigenvalue weighted by Crippen LogP contribution is -2.52. The molecule has 1 N–H and O–H groups in total. The summed E-state index contributed by atoms with van der Waals surface area (Å²) < 4.78 is 10.3. The molecule has 23 heavy (non-hydrogen) atoms. The van der Waals surface area contributed by atoms with Gasteiger partial charge in [0.1, 0.15) is 0 Å². The highest BCUT2D eigenvalue weighted by Crippen LogP contribution is 2.24. The summed E-state index contributed by atoms with van der Waals surface area (Å²) in [5, 5.41) is 13.5. The number of ether oxygens (including phenoxy) is 1. The zero-order chi connectivity index (χ0) is 16.4. The number of rotatable bonds is 3. The molecule has 120 valence electrons. The number of benzene rings is 1. The third-order valence-electron chi connectivity index (χ3n) is 3.51. The van der Waals surface area contributed by atoms with Crippen LogP contribution in [0.15, 0.2) is 34.9 Å². The fraction of sp³-hybridized carbons (Fsp3) is 0.267. The van der Waals surface area contributed by atoms with Gasteiger partial charge in [-0.25, -0.2) is 4.79 Å². The lowest BCUT2D eigenvalue weighted by molar-refractivity contribution is -0.147. The van der Waals surface area contributed by atoms with Crippen LogP contribution in [-0.4, -0.2) is 52.8 Å². The molecule has 0 spiro atoms. The molecule has 1 aromatic carbocycles. The summed E-state index contributed by atoms with van der Waals surface area (Å²) in [7, 11) is 0. The number of morpholine rings is 1. The van der Waals surface area contributed by atoms with Gasteiger partial charge in [0.05, 0.1) is 13.2 Å². The van der Waals surface area contributed by atoms with Gasteiger partial charge < -0.3 is 19.3 Å². The zero-order valence-corrected chi connectivity index (χ0v) is 12.7. The van der Waals surface area contributed by atoms with Crippen LogP contribution in [0.25, 0.3) is 11.3 Å². The quantitative estimate of drug-likeness (QED) is 0.920. The monoisotopic (exact) mass is 336 g/mol. The van der Waals surface area contributed by atoms with E-state index >= 15 is 0 Å². The van der Waals surface area contributed by atoms with E-state index in [1.54, 1.807) is 24.3 Å². The number of carbonyl (C=O) groups is 2. The second-order valence-electron chi connectivity index (χ2n) is 5.01. The van der Waals surface area contributed by atoms with E-state index in [1.165, 1.54) is 11.0 Å². The van der Waals surface area contributed by atoms with Crippen LogP contribution in [0.2, 0.25) is 5.02 Å². The summed E-state index contributed by atoms with van der Waals surface area (Å²) in [4.78, 5) is 24.9. The summed E-state index contributed by atoms with van der Waals surface area (Å²) in [6.07, 6.45) is 0. The average molecular weight is 337 g/mol. The second kappa shape index (κ2) is 6.39. The van der Waals surface area contributed by atoms with Crippen LogP contribution in [0.4, 0.5) is 0 Å². The van der Waals surface area contributed by atoms with Crippen molar-refractivity contribution < 1.29 is 24.0 Å². The van der Waals surface area contributed by atoms with Crippen molar-refractivity contribution in [2.45, 2.75) is 6.04 Å². The van der Waals surface area contributed by atoms with Crippen LogP contribution in [0, 0.1) is 0 Å². The van der Waals surface area contributed by atoms with Gasteiger partial charge >= 0.3 is 5.97 Å². The Labute approximate surface area is 136 Å². The number of nitrogens with zero attached hydrogens (tertiary/aromatic N) is 2. The van der Waals surface area contributed by atoms with Gasteiger partial charge in [-0.3, -0.25) is 4.79 Å². The van der Waals surface area contributed by atoms with Gasteiger partial charge in [0.2, 0.25) is 0 Å². The Bertz CT molecular complexity index is 745. The fourth-order valence-corrected chi connectivity index (χ4v) is 2.54. The molecule has 8 heteroatoms. The number of aromatic nitrogens is 1. The van der Waals surface area contributed by atoms with E-state index in [0.29, 0.717) is 16.3 Å². The van der Waals surface area contributed by atoms with E-state index in [0.717, 1.165) is 0 Å². The Morgan fingerprint density at radius 1 is 1.35 bits per heavy atom. The number of carbonyl (C=O) groups excluding carboxylic acids is 1. The minimum absolute atomic E-state index is 0.0416. The number of halogens is 1. The smallest absolute Gasteiger partial charge is 0.328 e. The summed E-state index contributed by atoms with van der Waals surface area (Å²) in [5.74, 6) is -1.23. The van der Waals surface area contributed by atoms with Crippen molar-refractivity contribution >= 4 is 23.5 Å². The second-order valence-corrected chi connectivity index (χ2v) is 5.45. The number of carboxylic acids is 1. The van der Waals surface area contributed by atoms with Crippen molar-refractivity contribution in [1.82, 2.24) is 10.1 Å². The van der Waals surface area contributed by atoms with Crippen LogP contribution in [-0.2, 0) is 9.53 Å². The summed E-state index contributed by atoms with van der Waals surface area (Å²) >= 11 is 5.92. The first-order valence-corrected chi connectivity index (χ1v) is 7.28. The number of carboxylic acid groups (broad SMARTS) is 1. The van der Waals surface area contributed by atoms with E-state index < -0.39 is 17.9 Å². The van der Waals surface area contributed by atoms with E-state index in [2.05, 4.69) is 5.16 Å². The number of hydrogen-bond acceptors (Lipinski definition) is 5. The first-order chi connectivity index (χ1) is 11.1. The molecule has 1 saturated heterocycles. The molecule has 7 nitrogen and oxygen atoms in total. The molecular weight excluding hydrogens is 324 g/mol. The van der Waals surface area contributed by atoms with Gasteiger partial charge in [-0.2, -0.15) is 0 Å². The van der Waals surface area contributed by atoms with Crippen molar-refractivity contribution in [1.29, 1.82) is 0 Å². The summed E-state index contributed by atoms with van der Waals surface area (Å²) in [5.41, 5.74) is 0.730. The fourth-order valence-electron chi connectivity index (χ4n) is 2.35. The van der Waals surface area contributed by atoms with E-state index in [9.17, 15) is 14.7 Å². The molecule has 1 unspecified atom stereocenters. The van der Waals surface area contributed by atoms with E-state index in [1.807, 2.05) is 0 Å². The Balaban J connectivity index is 1.84. The maximum atomic E-state index is 12.5. The molecule has 3 rings (SSSR count). The van der Waals surface area contributed by atoms with Crippen LogP contribution >= 0.6 is 11.6 Å². The van der Waals surface area contributed by atoms with E-state index in [4.69, 9.17) is 20.9 Å². The van der Waals surface area contributed by atoms with Gasteiger partial charge in [-0.15, -0.1) is 0 Å². The first-order valence-electron chi connectivity index (χ1n) is 6.90. The van der Waals surface area contributed by atoms with Crippen molar-refractivity contribution in [2.24, 2.45) is 0 Å². The van der Waals surface area contributed by atoms with Crippen molar-refractivity contribution in [3.8, 4) is 11.3 Å². The molecule has 1 aromatic heterocycles. The highest BCUT2D eigenvalue weighted by Gasteiger charge is 2.34. The molecule has 0 saturated carbocycles. The molecule has 0 radical (unpaired) electrons. The molecule has 2 heterocycles. The lowest BCUT2D eigenvalue weighted by atomic mass is 10.1. The Morgan fingerprint density at radius 3 is 2.91 bits per heavy atom. The molecule has 1 fully saturated rings. The zero-order valence-electron chi connectivity index (χ0n) is 11.9. The molecule has 1 atom stereocenters. The lowest BCUT2D eigenvalue weighted by Gasteiger charge is -2.32. The predicted octanol–water partition coefficient (Wildman–Crippen LogP) is 1.92. The van der Waals surface area contributed by atoms with Crippen LogP contribution < -0.4 is 0 Å². The Hall–Kier alpha value is -2.38. The number of hydrogen-bond donors (Lipinski definition) is 1. The maximum absolute atomic E-state index is 12.5. The van der Waals surface area contributed by atoms with Crippen molar-refractivity contribution in [3.05, 3.63) is 41.0 Å². The van der Waals surface area contributed by atoms with Crippen LogP contribution in [0.1, 0.15) is 10.5 Å². The Morgan fingerprint density at radius 2 is 2.17 bits per heavy atom. The van der Waals surface area contributed by atoms with Gasteiger partial charge in [0.25, 0.3) is 5.91 Å². The molecule has 1 amide bonds. The number of amides is 1. The SMILES string of the molecule is O=C(O)C1COCCN1C(=O)c1cc(-c2cccc(Cl)c2)on1. The normalized spacial score (nSPS) is 18.0. The summed E-state index contributed by atoms with van der Waals surface area (Å²) in [6, 6.07) is 7.38. The third kappa shape index (κ3) is 3.20. The number of aliphatic carboxylic acids is 1. The third-order valence-corrected chi connectivity index (χ3v) is 3.75. The van der Waals surface area contributed by atoms with Gasteiger partial charge in [0.15, 0.2) is 17.5 Å². The van der Waals surface area contributed by atoms with Crippen molar-refractivity contribution in [2.75, 3.05) is 19.8 Å². The van der Waals surface area contributed by atoms with Gasteiger partial charge in [-0.1, -0.05) is 28.9 Å². The minimum atomic E-state index is -1.11. The highest BCUT2D eigenvalue weighted by atomic mass is 35.5. The summed E-state index contributed by atoms with van der Waals surface area (Å²) in [6.45, 7) is 0.434. The molecular formula is C15H13ClN2O5. The first kappa shape index (κ1) is 15.5. The Kier molecular flexibility index (Phi) is 4.31. The molecule has 0 bridgehead atoms. The minimum Gasteiger partial charge on any atom is -0.480 e. The predicted molar refractivity (Wildman–Crippen MR) is 80.2 cm³/mol. The van der Waals surface area contributed by atoms with Gasteiger partial charge in [0, 0.05) is 23.2 Å². The van der Waals surface area contributed by atoms with Crippen LogP contribution in [0.3, 0.4) is 0 Å². The van der Waals surface area contributed by atoms with Crippen LogP contribution in [0.5, 0.6) is 0 Å². The molecule has 0 aliphatic carbocycles. The average Bonchev–Trinajstić information content (AvgIpc) is 3.04. The molecule has 2 aromatic rings. The molecule has 1 aliphatic heterocycles. The van der Waals surface area contributed by atoms with Gasteiger partial charge in [-0.05, 0) is 12.1 Å². The largest absolute Gasteiger partial charge is 0.480 e. The standard InChI is InChI=1S/C15H13ClN2O5/c16-10-3-1-2-9(6-10)13-7-11(17-23-13)14(19)18-4-5-22-8-12(18)15(20)21/h1-3,6-7,12H,4-5,8H2,(H,20,21). The maximum Gasteiger partial charge on any atom is 0.328 e. The highest BCUT2D eigenvalue weighted by molar-refractivity contribution is 6.30.